The summed E-state index contributed by atoms with van der Waals surface area (Å²) in [7, 11) is 0. The Kier molecular flexibility index (Phi) is 5.94. The first-order valence-electron chi connectivity index (χ1n) is 10.2. The van der Waals surface area contributed by atoms with E-state index in [0.29, 0.717) is 29.1 Å². The lowest BCUT2D eigenvalue weighted by molar-refractivity contribution is -0.117. The van der Waals surface area contributed by atoms with Crippen molar-refractivity contribution in [3.63, 3.8) is 0 Å². The summed E-state index contributed by atoms with van der Waals surface area (Å²) in [5.74, 6) is -0.619. The van der Waals surface area contributed by atoms with E-state index in [0.717, 1.165) is 25.7 Å². The van der Waals surface area contributed by atoms with Gasteiger partial charge in [-0.25, -0.2) is 0 Å². The number of nitrogens with one attached hydrogen (secondary N) is 2. The Balaban J connectivity index is 1.39. The first kappa shape index (κ1) is 19.6. The Morgan fingerprint density at radius 2 is 1.69 bits per heavy atom. The molecule has 1 fully saturated rings. The standard InChI is InChI=1S/C22H25N3O3S/c26-20-11-6-12-25(20)17-9-5-8-16(13-17)21(27)23-24-22(28)19-14-15-7-3-1-2-4-10-18(15)29-19/h5,8-9,13-14H,1-4,6-7,10-12H2,(H,23,27)(H,24,28). The highest BCUT2D eigenvalue weighted by Crippen LogP contribution is 2.28. The minimum Gasteiger partial charge on any atom is -0.312 e. The van der Waals surface area contributed by atoms with E-state index in [-0.39, 0.29) is 11.8 Å². The number of carbonyl (C=O) groups is 3. The number of aryl methyl sites for hydroxylation is 2. The molecule has 4 rings (SSSR count). The molecule has 0 atom stereocenters. The second-order valence-corrected chi connectivity index (χ2v) is 8.72. The van der Waals surface area contributed by atoms with E-state index in [1.807, 2.05) is 12.1 Å². The van der Waals surface area contributed by atoms with Crippen LogP contribution in [0.4, 0.5) is 5.69 Å². The lowest BCUT2D eigenvalue weighted by Crippen LogP contribution is -2.41. The summed E-state index contributed by atoms with van der Waals surface area (Å²) >= 11 is 1.53. The van der Waals surface area contributed by atoms with Crippen LogP contribution in [0.1, 0.15) is 69.0 Å². The molecule has 1 aromatic carbocycles. The van der Waals surface area contributed by atoms with Gasteiger partial charge in [0, 0.05) is 29.1 Å². The molecule has 6 nitrogen and oxygen atoms in total. The largest absolute Gasteiger partial charge is 0.312 e. The quantitative estimate of drug-likeness (QED) is 0.758. The van der Waals surface area contributed by atoms with Crippen molar-refractivity contribution >= 4 is 34.7 Å². The van der Waals surface area contributed by atoms with Gasteiger partial charge in [0.05, 0.1) is 4.88 Å². The lowest BCUT2D eigenvalue weighted by atomic mass is 10.00. The molecule has 2 heterocycles. The van der Waals surface area contributed by atoms with Crippen molar-refractivity contribution in [2.24, 2.45) is 0 Å². The molecule has 0 spiro atoms. The highest BCUT2D eigenvalue weighted by Gasteiger charge is 2.22. The zero-order valence-electron chi connectivity index (χ0n) is 16.3. The van der Waals surface area contributed by atoms with Crippen LogP contribution in [0.2, 0.25) is 0 Å². The Hall–Kier alpha value is -2.67. The number of benzene rings is 1. The molecule has 2 aromatic rings. The van der Waals surface area contributed by atoms with Crippen molar-refractivity contribution in [2.45, 2.75) is 51.4 Å². The van der Waals surface area contributed by atoms with Crippen molar-refractivity contribution < 1.29 is 14.4 Å². The van der Waals surface area contributed by atoms with Crippen molar-refractivity contribution in [3.8, 4) is 0 Å². The molecule has 0 unspecified atom stereocenters. The third-order valence-electron chi connectivity index (χ3n) is 5.50. The van der Waals surface area contributed by atoms with Crippen LogP contribution in [-0.2, 0) is 17.6 Å². The van der Waals surface area contributed by atoms with E-state index in [9.17, 15) is 14.4 Å². The number of carbonyl (C=O) groups excluding carboxylic acids is 3. The maximum Gasteiger partial charge on any atom is 0.279 e. The molecular weight excluding hydrogens is 386 g/mol. The van der Waals surface area contributed by atoms with Gasteiger partial charge < -0.3 is 4.90 Å². The van der Waals surface area contributed by atoms with E-state index in [4.69, 9.17) is 0 Å². The van der Waals surface area contributed by atoms with Crippen LogP contribution in [0, 0.1) is 0 Å². The maximum atomic E-state index is 12.5. The van der Waals surface area contributed by atoms with Gasteiger partial charge in [-0.2, -0.15) is 0 Å². The second kappa shape index (κ2) is 8.78. The number of nitrogens with zero attached hydrogens (tertiary/aromatic N) is 1. The van der Waals surface area contributed by atoms with Crippen LogP contribution in [0.15, 0.2) is 30.3 Å². The van der Waals surface area contributed by atoms with Crippen LogP contribution < -0.4 is 15.8 Å². The van der Waals surface area contributed by atoms with E-state index in [2.05, 4.69) is 10.9 Å². The van der Waals surface area contributed by atoms with Crippen LogP contribution in [0.3, 0.4) is 0 Å². The lowest BCUT2D eigenvalue weighted by Gasteiger charge is -2.16. The van der Waals surface area contributed by atoms with Crippen LogP contribution >= 0.6 is 11.3 Å². The molecule has 0 radical (unpaired) electrons. The van der Waals surface area contributed by atoms with Gasteiger partial charge in [0.25, 0.3) is 11.8 Å². The van der Waals surface area contributed by atoms with Gasteiger partial charge in [-0.15, -0.1) is 11.3 Å². The SMILES string of the molecule is O=C(NNC(=O)c1cc2c(s1)CCCCCC2)c1cccc(N2CCCC2=O)c1. The Morgan fingerprint density at radius 1 is 0.897 bits per heavy atom. The average Bonchev–Trinajstić information content (AvgIpc) is 3.32. The van der Waals surface area contributed by atoms with Gasteiger partial charge in [0.2, 0.25) is 5.91 Å². The normalized spacial score (nSPS) is 16.7. The Labute approximate surface area is 174 Å². The fourth-order valence-corrected chi connectivity index (χ4v) is 5.09. The van der Waals surface area contributed by atoms with Gasteiger partial charge in [-0.05, 0) is 61.9 Å². The molecule has 2 N–H and O–H groups in total. The minimum absolute atomic E-state index is 0.0733. The molecule has 1 saturated heterocycles. The molecule has 1 aromatic heterocycles. The molecule has 1 aliphatic carbocycles. The summed E-state index contributed by atoms with van der Waals surface area (Å²) in [6, 6.07) is 8.88. The van der Waals surface area contributed by atoms with E-state index < -0.39 is 5.91 Å². The Bertz CT molecular complexity index is 912. The molecule has 2 aliphatic rings. The molecular formula is C22H25N3O3S. The van der Waals surface area contributed by atoms with Crippen molar-refractivity contribution in [2.75, 3.05) is 11.4 Å². The Morgan fingerprint density at radius 3 is 2.48 bits per heavy atom. The number of thiophene rings is 1. The molecule has 29 heavy (non-hydrogen) atoms. The van der Waals surface area contributed by atoms with Gasteiger partial charge in [0.1, 0.15) is 0 Å². The zero-order chi connectivity index (χ0) is 20.2. The molecule has 0 saturated carbocycles. The summed E-state index contributed by atoms with van der Waals surface area (Å²) < 4.78 is 0. The van der Waals surface area contributed by atoms with Crippen LogP contribution in [0.25, 0.3) is 0 Å². The topological polar surface area (TPSA) is 78.5 Å². The summed E-state index contributed by atoms with van der Waals surface area (Å²) in [5.41, 5.74) is 7.41. The predicted molar refractivity (Wildman–Crippen MR) is 113 cm³/mol. The predicted octanol–water partition coefficient (Wildman–Crippen LogP) is 3.61. The monoisotopic (exact) mass is 411 g/mol. The number of amides is 3. The van der Waals surface area contributed by atoms with Gasteiger partial charge in [-0.1, -0.05) is 18.9 Å². The highest BCUT2D eigenvalue weighted by atomic mass is 32.1. The molecule has 152 valence electrons. The van der Waals surface area contributed by atoms with Crippen LogP contribution in [-0.4, -0.2) is 24.3 Å². The van der Waals surface area contributed by atoms with Crippen molar-refractivity contribution in [1.29, 1.82) is 0 Å². The van der Waals surface area contributed by atoms with E-state index in [1.165, 1.54) is 41.0 Å². The molecule has 1 aliphatic heterocycles. The molecule has 0 bridgehead atoms. The number of fused-ring (bicyclic) bond motifs is 1. The molecule has 3 amide bonds. The average molecular weight is 412 g/mol. The van der Waals surface area contributed by atoms with Crippen molar-refractivity contribution in [1.82, 2.24) is 10.9 Å². The third kappa shape index (κ3) is 4.50. The highest BCUT2D eigenvalue weighted by molar-refractivity contribution is 7.14. The third-order valence-corrected chi connectivity index (χ3v) is 6.74. The fraction of sp³-hybridized carbons (Fsp3) is 0.409. The summed E-state index contributed by atoms with van der Waals surface area (Å²) in [6.45, 7) is 0.670. The van der Waals surface area contributed by atoms with E-state index >= 15 is 0 Å². The van der Waals surface area contributed by atoms with Crippen molar-refractivity contribution in [3.05, 3.63) is 51.2 Å². The number of rotatable bonds is 3. The van der Waals surface area contributed by atoms with Crippen LogP contribution in [0.5, 0.6) is 0 Å². The number of hydrogen-bond donors (Lipinski definition) is 2. The van der Waals surface area contributed by atoms with E-state index in [1.54, 1.807) is 23.1 Å². The molecule has 7 heteroatoms. The summed E-state index contributed by atoms with van der Waals surface area (Å²) in [5, 5.41) is 0. The maximum absolute atomic E-state index is 12.5. The summed E-state index contributed by atoms with van der Waals surface area (Å²) in [4.78, 5) is 40.6. The summed E-state index contributed by atoms with van der Waals surface area (Å²) in [6.07, 6.45) is 8.24. The fourth-order valence-electron chi connectivity index (χ4n) is 3.94. The number of anilines is 1. The number of hydrogen-bond acceptors (Lipinski definition) is 4. The second-order valence-electron chi connectivity index (χ2n) is 7.58. The van der Waals surface area contributed by atoms with Gasteiger partial charge in [-0.3, -0.25) is 25.2 Å². The minimum atomic E-state index is -0.401. The first-order valence-corrected chi connectivity index (χ1v) is 11.1. The van der Waals surface area contributed by atoms with Gasteiger partial charge in [0.15, 0.2) is 0 Å². The van der Waals surface area contributed by atoms with Gasteiger partial charge >= 0.3 is 0 Å². The number of hydrazine groups is 1. The first-order chi connectivity index (χ1) is 14.1. The zero-order valence-corrected chi connectivity index (χ0v) is 17.1. The smallest absolute Gasteiger partial charge is 0.279 e.